The molecule has 0 saturated carbocycles. The molecule has 9 heteroatoms. The fourth-order valence-electron chi connectivity index (χ4n) is 3.11. The number of carbonyl (C=O) groups is 1. The van der Waals surface area contributed by atoms with E-state index < -0.39 is 16.4 Å². The van der Waals surface area contributed by atoms with Crippen LogP contribution in [-0.2, 0) is 10.4 Å². The normalized spacial score (nSPS) is 11.3. The topological polar surface area (TPSA) is 134 Å². The molecule has 0 aromatic heterocycles. The number of ether oxygens (including phenoxy) is 1. The second-order valence-electron chi connectivity index (χ2n) is 6.71. The van der Waals surface area contributed by atoms with Crippen LogP contribution in [0.2, 0.25) is 0 Å². The highest BCUT2D eigenvalue weighted by molar-refractivity contribution is 5.92. The number of phenolic OH excluding ortho intramolecular Hbond substituents is 1. The molecule has 0 aliphatic heterocycles. The van der Waals surface area contributed by atoms with Gasteiger partial charge < -0.3 is 14.9 Å². The van der Waals surface area contributed by atoms with Crippen LogP contribution in [0.15, 0.2) is 77.9 Å². The lowest BCUT2D eigenvalue weighted by Gasteiger charge is -2.27. The minimum absolute atomic E-state index is 0.0362. The summed E-state index contributed by atoms with van der Waals surface area (Å²) in [6.45, 7) is 1.85. The van der Waals surface area contributed by atoms with Gasteiger partial charge in [-0.25, -0.2) is 5.43 Å². The minimum Gasteiger partial charge on any atom is -0.504 e. The summed E-state index contributed by atoms with van der Waals surface area (Å²) in [5.41, 5.74) is 0.521. The smallest absolute Gasteiger partial charge is 0.281 e. The van der Waals surface area contributed by atoms with Crippen LogP contribution in [0.3, 0.4) is 0 Å². The molecule has 0 radical (unpaired) electrons. The van der Waals surface area contributed by atoms with E-state index in [0.29, 0.717) is 11.1 Å². The summed E-state index contributed by atoms with van der Waals surface area (Å²) in [4.78, 5) is 23.5. The van der Waals surface area contributed by atoms with Gasteiger partial charge in [0.15, 0.2) is 17.1 Å². The highest BCUT2D eigenvalue weighted by Crippen LogP contribution is 2.34. The van der Waals surface area contributed by atoms with Crippen molar-refractivity contribution >= 4 is 17.8 Å². The Morgan fingerprint density at radius 2 is 1.69 bits per heavy atom. The molecule has 3 aromatic carbocycles. The van der Waals surface area contributed by atoms with Crippen LogP contribution in [0.5, 0.6) is 11.5 Å². The maximum Gasteiger partial charge on any atom is 0.281 e. The highest BCUT2D eigenvalue weighted by Gasteiger charge is 2.39. The number of nitrogens with one attached hydrogen (secondary N) is 1. The largest absolute Gasteiger partial charge is 0.504 e. The molecule has 3 N–H and O–H groups in total. The van der Waals surface area contributed by atoms with Gasteiger partial charge in [-0.15, -0.1) is 0 Å². The zero-order valence-corrected chi connectivity index (χ0v) is 17.1. The number of aromatic hydroxyl groups is 1. The van der Waals surface area contributed by atoms with Gasteiger partial charge in [0.05, 0.1) is 23.8 Å². The number of non-ortho nitro benzene ring substituents is 1. The third kappa shape index (κ3) is 4.57. The Labute approximate surface area is 183 Å². The summed E-state index contributed by atoms with van der Waals surface area (Å²) in [6.07, 6.45) is 1.04. The second kappa shape index (κ2) is 9.71. The first-order valence-electron chi connectivity index (χ1n) is 9.69. The van der Waals surface area contributed by atoms with Crippen molar-refractivity contribution in [3.05, 3.63) is 99.6 Å². The first-order chi connectivity index (χ1) is 15.4. The molecule has 0 bridgehead atoms. The SMILES string of the molecule is CCOc1cc([N+](=O)[O-])cc(/C=N/NC(=O)C(O)(c2ccccc2)c2ccccc2)c1O. The number of rotatable bonds is 8. The predicted molar refractivity (Wildman–Crippen MR) is 118 cm³/mol. The van der Waals surface area contributed by atoms with Crippen molar-refractivity contribution in [2.24, 2.45) is 5.10 Å². The van der Waals surface area contributed by atoms with Gasteiger partial charge in [-0.2, -0.15) is 5.10 Å². The number of benzene rings is 3. The number of aliphatic hydroxyl groups is 1. The Hall–Kier alpha value is -4.24. The molecule has 3 aromatic rings. The average Bonchev–Trinajstić information content (AvgIpc) is 2.81. The maximum atomic E-state index is 13.0. The van der Waals surface area contributed by atoms with Crippen LogP contribution in [-0.4, -0.2) is 33.9 Å². The van der Waals surface area contributed by atoms with Gasteiger partial charge in [-0.1, -0.05) is 60.7 Å². The Morgan fingerprint density at radius 1 is 1.12 bits per heavy atom. The summed E-state index contributed by atoms with van der Waals surface area (Å²) in [5, 5.41) is 36.6. The van der Waals surface area contributed by atoms with Gasteiger partial charge in [0.25, 0.3) is 11.6 Å². The van der Waals surface area contributed by atoms with Gasteiger partial charge in [-0.3, -0.25) is 14.9 Å². The fraction of sp³-hybridized carbons (Fsp3) is 0.130. The lowest BCUT2D eigenvalue weighted by atomic mass is 9.85. The Bertz CT molecular complexity index is 1090. The van der Waals surface area contributed by atoms with Crippen molar-refractivity contribution < 1.29 is 24.7 Å². The molecule has 0 aliphatic carbocycles. The van der Waals surface area contributed by atoms with E-state index >= 15 is 0 Å². The van der Waals surface area contributed by atoms with E-state index in [1.54, 1.807) is 67.6 Å². The van der Waals surface area contributed by atoms with Gasteiger partial charge in [0.2, 0.25) is 0 Å². The second-order valence-corrected chi connectivity index (χ2v) is 6.71. The molecule has 0 unspecified atom stereocenters. The standard InChI is InChI=1S/C23H21N3O6/c1-2-32-20-14-19(26(30)31)13-16(21(20)27)15-24-25-22(28)23(29,17-9-5-3-6-10-17)18-11-7-4-8-12-18/h3-15,27,29H,2H2,1H3,(H,25,28)/b24-15+. The summed E-state index contributed by atoms with van der Waals surface area (Å²) >= 11 is 0. The van der Waals surface area contributed by atoms with E-state index in [-0.39, 0.29) is 29.4 Å². The Balaban J connectivity index is 1.93. The van der Waals surface area contributed by atoms with Gasteiger partial charge in [0.1, 0.15) is 0 Å². The molecule has 3 rings (SSSR count). The van der Waals surface area contributed by atoms with E-state index in [9.17, 15) is 25.1 Å². The van der Waals surface area contributed by atoms with Crippen molar-refractivity contribution in [1.29, 1.82) is 0 Å². The number of nitrogens with zero attached hydrogens (tertiary/aromatic N) is 2. The predicted octanol–water partition coefficient (Wildman–Crippen LogP) is 3.09. The Kier molecular flexibility index (Phi) is 6.81. The number of phenols is 1. The first-order valence-corrected chi connectivity index (χ1v) is 9.69. The molecule has 1 amide bonds. The average molecular weight is 435 g/mol. The number of hydrogen-bond donors (Lipinski definition) is 3. The van der Waals surface area contributed by atoms with Crippen molar-refractivity contribution in [2.45, 2.75) is 12.5 Å². The number of nitro groups is 1. The molecular formula is C23H21N3O6. The highest BCUT2D eigenvalue weighted by atomic mass is 16.6. The zero-order chi connectivity index (χ0) is 23.1. The fourth-order valence-corrected chi connectivity index (χ4v) is 3.11. The first kappa shape index (κ1) is 22.4. The lowest BCUT2D eigenvalue weighted by Crippen LogP contribution is -2.43. The molecular weight excluding hydrogens is 414 g/mol. The molecule has 0 atom stereocenters. The number of hydrogen-bond acceptors (Lipinski definition) is 7. The van der Waals surface area contributed by atoms with Gasteiger partial charge in [-0.05, 0) is 18.1 Å². The molecule has 164 valence electrons. The van der Waals surface area contributed by atoms with Crippen LogP contribution in [0, 0.1) is 10.1 Å². The zero-order valence-electron chi connectivity index (χ0n) is 17.1. The van der Waals surface area contributed by atoms with Gasteiger partial charge in [0, 0.05) is 11.6 Å². The van der Waals surface area contributed by atoms with Crippen molar-refractivity contribution in [1.82, 2.24) is 5.43 Å². The third-order valence-corrected chi connectivity index (χ3v) is 4.68. The van der Waals surface area contributed by atoms with Crippen LogP contribution < -0.4 is 10.2 Å². The van der Waals surface area contributed by atoms with Crippen molar-refractivity contribution in [3.63, 3.8) is 0 Å². The summed E-state index contributed by atoms with van der Waals surface area (Å²) in [7, 11) is 0. The van der Waals surface area contributed by atoms with Crippen LogP contribution >= 0.6 is 0 Å². The third-order valence-electron chi connectivity index (χ3n) is 4.68. The Morgan fingerprint density at radius 3 is 2.19 bits per heavy atom. The van der Waals surface area contributed by atoms with Crippen molar-refractivity contribution in [2.75, 3.05) is 6.61 Å². The number of hydrazone groups is 1. The lowest BCUT2D eigenvalue weighted by molar-refractivity contribution is -0.385. The minimum atomic E-state index is -2.04. The molecule has 32 heavy (non-hydrogen) atoms. The molecule has 0 saturated heterocycles. The molecule has 0 aliphatic rings. The van der Waals surface area contributed by atoms with E-state index in [1.807, 2.05) is 0 Å². The van der Waals surface area contributed by atoms with E-state index in [2.05, 4.69) is 10.5 Å². The van der Waals surface area contributed by atoms with Crippen LogP contribution in [0.1, 0.15) is 23.6 Å². The molecule has 0 fully saturated rings. The van der Waals surface area contributed by atoms with E-state index in [4.69, 9.17) is 4.74 Å². The quantitative estimate of drug-likeness (QED) is 0.283. The number of carbonyl (C=O) groups excluding carboxylic acids is 1. The monoisotopic (exact) mass is 435 g/mol. The number of nitro benzene ring substituents is 1. The van der Waals surface area contributed by atoms with E-state index in [0.717, 1.165) is 18.3 Å². The molecule has 9 nitrogen and oxygen atoms in total. The molecule has 0 spiro atoms. The number of amides is 1. The van der Waals surface area contributed by atoms with Crippen LogP contribution in [0.4, 0.5) is 5.69 Å². The summed E-state index contributed by atoms with van der Waals surface area (Å²) in [5.74, 6) is -1.29. The van der Waals surface area contributed by atoms with Crippen LogP contribution in [0.25, 0.3) is 0 Å². The van der Waals surface area contributed by atoms with E-state index in [1.165, 1.54) is 0 Å². The summed E-state index contributed by atoms with van der Waals surface area (Å²) in [6, 6.07) is 18.9. The van der Waals surface area contributed by atoms with Gasteiger partial charge >= 0.3 is 0 Å². The van der Waals surface area contributed by atoms with Crippen molar-refractivity contribution in [3.8, 4) is 11.5 Å². The summed E-state index contributed by atoms with van der Waals surface area (Å²) < 4.78 is 5.22. The maximum absolute atomic E-state index is 13.0. The molecule has 0 heterocycles.